The van der Waals surface area contributed by atoms with Crippen LogP contribution in [0.2, 0.25) is 0 Å². The van der Waals surface area contributed by atoms with Gasteiger partial charge in [0.05, 0.1) is 0 Å². The van der Waals surface area contributed by atoms with Crippen molar-refractivity contribution in [2.45, 2.75) is 38.8 Å². The fourth-order valence-electron chi connectivity index (χ4n) is 2.41. The Balaban J connectivity index is 2.18. The SMILES string of the molecule is CCCC1NC(=O)CCN(Cc2cc(Br)ccc2F)C1=O. The third-order valence-corrected chi connectivity index (χ3v) is 3.99. The van der Waals surface area contributed by atoms with Crippen molar-refractivity contribution in [3.63, 3.8) is 0 Å². The van der Waals surface area contributed by atoms with Gasteiger partial charge in [-0.3, -0.25) is 9.59 Å². The minimum absolute atomic E-state index is 0.126. The van der Waals surface area contributed by atoms with E-state index in [1.807, 2.05) is 6.92 Å². The second kappa shape index (κ2) is 7.02. The second-order valence-electron chi connectivity index (χ2n) is 5.15. The largest absolute Gasteiger partial charge is 0.344 e. The van der Waals surface area contributed by atoms with E-state index >= 15 is 0 Å². The Morgan fingerprint density at radius 2 is 2.19 bits per heavy atom. The smallest absolute Gasteiger partial charge is 0.245 e. The van der Waals surface area contributed by atoms with E-state index in [1.165, 1.54) is 6.07 Å². The van der Waals surface area contributed by atoms with E-state index in [0.717, 1.165) is 10.9 Å². The van der Waals surface area contributed by atoms with Gasteiger partial charge in [-0.15, -0.1) is 0 Å². The summed E-state index contributed by atoms with van der Waals surface area (Å²) in [5.41, 5.74) is 0.447. The van der Waals surface area contributed by atoms with Gasteiger partial charge in [0.2, 0.25) is 11.8 Å². The third kappa shape index (κ3) is 4.03. The maximum atomic E-state index is 13.8. The van der Waals surface area contributed by atoms with Crippen LogP contribution in [0.1, 0.15) is 31.7 Å². The molecule has 2 amide bonds. The molecular formula is C15H18BrFN2O2. The number of hydrogen-bond donors (Lipinski definition) is 1. The van der Waals surface area contributed by atoms with Crippen molar-refractivity contribution in [3.05, 3.63) is 34.1 Å². The van der Waals surface area contributed by atoms with Crippen LogP contribution in [0.4, 0.5) is 4.39 Å². The maximum absolute atomic E-state index is 13.8. The molecule has 1 aliphatic rings. The molecule has 1 N–H and O–H groups in total. The molecule has 1 saturated heterocycles. The first kappa shape index (κ1) is 15.9. The molecule has 114 valence electrons. The first-order chi connectivity index (χ1) is 10.0. The van der Waals surface area contributed by atoms with E-state index in [1.54, 1.807) is 17.0 Å². The highest BCUT2D eigenvalue weighted by Crippen LogP contribution is 2.19. The van der Waals surface area contributed by atoms with E-state index in [4.69, 9.17) is 0 Å². The lowest BCUT2D eigenvalue weighted by molar-refractivity contribution is -0.134. The van der Waals surface area contributed by atoms with Gasteiger partial charge in [-0.25, -0.2) is 4.39 Å². The molecule has 0 saturated carbocycles. The molecule has 1 aromatic carbocycles. The standard InChI is InChI=1S/C15H18BrFN2O2/c1-2-3-13-15(21)19(7-6-14(20)18-13)9-10-8-11(16)4-5-12(10)17/h4-5,8,13H,2-3,6-7,9H2,1H3,(H,18,20). The average Bonchev–Trinajstić information content (AvgIpc) is 2.57. The highest BCUT2D eigenvalue weighted by Gasteiger charge is 2.29. The van der Waals surface area contributed by atoms with Crippen LogP contribution in [0.5, 0.6) is 0 Å². The summed E-state index contributed by atoms with van der Waals surface area (Å²) >= 11 is 3.30. The van der Waals surface area contributed by atoms with Gasteiger partial charge in [0.15, 0.2) is 0 Å². The number of benzene rings is 1. The Labute approximate surface area is 131 Å². The molecular weight excluding hydrogens is 339 g/mol. The van der Waals surface area contributed by atoms with Gasteiger partial charge in [-0.1, -0.05) is 29.3 Å². The highest BCUT2D eigenvalue weighted by molar-refractivity contribution is 9.10. The number of nitrogens with zero attached hydrogens (tertiary/aromatic N) is 1. The monoisotopic (exact) mass is 356 g/mol. The quantitative estimate of drug-likeness (QED) is 0.901. The van der Waals surface area contributed by atoms with Gasteiger partial charge in [0.1, 0.15) is 11.9 Å². The van der Waals surface area contributed by atoms with Crippen molar-refractivity contribution in [3.8, 4) is 0 Å². The fourth-order valence-corrected chi connectivity index (χ4v) is 2.82. The zero-order valence-corrected chi connectivity index (χ0v) is 13.5. The average molecular weight is 357 g/mol. The Bertz CT molecular complexity index is 550. The van der Waals surface area contributed by atoms with E-state index in [2.05, 4.69) is 21.2 Å². The van der Waals surface area contributed by atoms with Crippen LogP contribution >= 0.6 is 15.9 Å². The number of nitrogens with one attached hydrogen (secondary N) is 1. The number of carbonyl (C=O) groups excluding carboxylic acids is 2. The maximum Gasteiger partial charge on any atom is 0.245 e. The Kier molecular flexibility index (Phi) is 5.33. The van der Waals surface area contributed by atoms with Crippen LogP contribution < -0.4 is 5.32 Å². The van der Waals surface area contributed by atoms with Crippen LogP contribution in [-0.2, 0) is 16.1 Å². The summed E-state index contributed by atoms with van der Waals surface area (Å²) in [7, 11) is 0. The fraction of sp³-hybridized carbons (Fsp3) is 0.467. The Morgan fingerprint density at radius 3 is 2.90 bits per heavy atom. The first-order valence-corrected chi connectivity index (χ1v) is 7.82. The summed E-state index contributed by atoms with van der Waals surface area (Å²) in [5, 5.41) is 2.74. The van der Waals surface area contributed by atoms with Crippen molar-refractivity contribution in [1.82, 2.24) is 10.2 Å². The third-order valence-electron chi connectivity index (χ3n) is 3.50. The van der Waals surface area contributed by atoms with Gasteiger partial charge in [0, 0.05) is 29.5 Å². The minimum atomic E-state index is -0.500. The molecule has 1 atom stereocenters. The molecule has 1 aliphatic heterocycles. The summed E-state index contributed by atoms with van der Waals surface area (Å²) in [6.07, 6.45) is 1.65. The molecule has 2 rings (SSSR count). The van der Waals surface area contributed by atoms with Crippen LogP contribution in [0.25, 0.3) is 0 Å². The van der Waals surface area contributed by atoms with Crippen LogP contribution in [0.3, 0.4) is 0 Å². The Morgan fingerprint density at radius 1 is 1.43 bits per heavy atom. The van der Waals surface area contributed by atoms with E-state index in [9.17, 15) is 14.0 Å². The van der Waals surface area contributed by atoms with Gasteiger partial charge < -0.3 is 10.2 Å². The Hall–Kier alpha value is -1.43. The summed E-state index contributed by atoms with van der Waals surface area (Å²) in [6, 6.07) is 4.15. The van der Waals surface area contributed by atoms with E-state index in [-0.39, 0.29) is 30.6 Å². The molecule has 0 radical (unpaired) electrons. The minimum Gasteiger partial charge on any atom is -0.344 e. The number of carbonyl (C=O) groups is 2. The van der Waals surface area contributed by atoms with Crippen molar-refractivity contribution >= 4 is 27.7 Å². The zero-order chi connectivity index (χ0) is 15.4. The van der Waals surface area contributed by atoms with Crippen LogP contribution in [-0.4, -0.2) is 29.3 Å². The van der Waals surface area contributed by atoms with Gasteiger partial charge in [-0.2, -0.15) is 0 Å². The van der Waals surface area contributed by atoms with Gasteiger partial charge in [-0.05, 0) is 24.6 Å². The molecule has 1 heterocycles. The van der Waals surface area contributed by atoms with Crippen molar-refractivity contribution < 1.29 is 14.0 Å². The summed E-state index contributed by atoms with van der Waals surface area (Å²) in [4.78, 5) is 25.7. The molecule has 1 unspecified atom stereocenters. The molecule has 0 spiro atoms. The van der Waals surface area contributed by atoms with Gasteiger partial charge >= 0.3 is 0 Å². The predicted octanol–water partition coefficient (Wildman–Crippen LogP) is 2.61. The molecule has 0 bridgehead atoms. The molecule has 0 aromatic heterocycles. The van der Waals surface area contributed by atoms with E-state index in [0.29, 0.717) is 18.5 Å². The molecule has 1 aromatic rings. The summed E-state index contributed by atoms with van der Waals surface area (Å²) < 4.78 is 14.6. The highest BCUT2D eigenvalue weighted by atomic mass is 79.9. The van der Waals surface area contributed by atoms with Gasteiger partial charge in [0.25, 0.3) is 0 Å². The molecule has 6 heteroatoms. The molecule has 0 aliphatic carbocycles. The summed E-state index contributed by atoms with van der Waals surface area (Å²) in [6.45, 7) is 2.46. The molecule has 21 heavy (non-hydrogen) atoms. The second-order valence-corrected chi connectivity index (χ2v) is 6.07. The van der Waals surface area contributed by atoms with E-state index < -0.39 is 6.04 Å². The van der Waals surface area contributed by atoms with Crippen molar-refractivity contribution in [1.29, 1.82) is 0 Å². The van der Waals surface area contributed by atoms with Crippen molar-refractivity contribution in [2.24, 2.45) is 0 Å². The number of amides is 2. The lowest BCUT2D eigenvalue weighted by Gasteiger charge is -2.24. The normalized spacial score (nSPS) is 19.4. The predicted molar refractivity (Wildman–Crippen MR) is 81.0 cm³/mol. The lowest BCUT2D eigenvalue weighted by Crippen LogP contribution is -2.44. The topological polar surface area (TPSA) is 49.4 Å². The van der Waals surface area contributed by atoms with Crippen LogP contribution in [0, 0.1) is 5.82 Å². The number of rotatable bonds is 4. The molecule has 1 fully saturated rings. The van der Waals surface area contributed by atoms with Crippen molar-refractivity contribution in [2.75, 3.05) is 6.54 Å². The number of hydrogen-bond acceptors (Lipinski definition) is 2. The van der Waals surface area contributed by atoms with Crippen LogP contribution in [0.15, 0.2) is 22.7 Å². The lowest BCUT2D eigenvalue weighted by atomic mass is 10.1. The molecule has 4 nitrogen and oxygen atoms in total. The zero-order valence-electron chi connectivity index (χ0n) is 11.9. The first-order valence-electron chi connectivity index (χ1n) is 7.03. The summed E-state index contributed by atoms with van der Waals surface area (Å²) in [5.74, 6) is -0.609. The number of halogens is 2.